The Morgan fingerprint density at radius 2 is 1.81 bits per heavy atom. The van der Waals surface area contributed by atoms with Gasteiger partial charge in [-0.1, -0.05) is 38.1 Å². The van der Waals surface area contributed by atoms with Gasteiger partial charge in [0.2, 0.25) is 0 Å². The predicted octanol–water partition coefficient (Wildman–Crippen LogP) is 8.33. The van der Waals surface area contributed by atoms with Crippen LogP contribution in [0.25, 0.3) is 11.0 Å². The highest BCUT2D eigenvalue weighted by Crippen LogP contribution is 2.49. The number of hydrogen-bond donors (Lipinski definition) is 3. The van der Waals surface area contributed by atoms with Crippen molar-refractivity contribution < 1.29 is 27.6 Å². The smallest absolute Gasteiger partial charge is 0.296 e. The van der Waals surface area contributed by atoms with Gasteiger partial charge in [0, 0.05) is 73.7 Å². The summed E-state index contributed by atoms with van der Waals surface area (Å²) in [5.41, 5.74) is 4.29. The molecule has 9 rings (SSSR count). The second-order valence-electron chi connectivity index (χ2n) is 17.8. The molecule has 5 aromatic rings. The summed E-state index contributed by atoms with van der Waals surface area (Å²) in [5, 5.41) is 15.2. The SMILES string of the molecule is CC(C)c1ccccc1C1CCCN1C1CCC2(CC1)CN(c1ccc(C(=O)NS(=O)(=O)c3cc([N+](=O)[O-])c(NCC4CCOCC4)cn3)c(Oc3cnc4[nH]ccc4c3)c1)C2. The minimum absolute atomic E-state index is 0.0364. The third-order valence-electron chi connectivity index (χ3n) is 13.5. The highest BCUT2D eigenvalue weighted by molar-refractivity contribution is 7.90. The van der Waals surface area contributed by atoms with Gasteiger partial charge in [0.05, 0.1) is 28.9 Å². The van der Waals surface area contributed by atoms with E-state index >= 15 is 0 Å². The Balaban J connectivity index is 0.902. The predicted molar refractivity (Wildman–Crippen MR) is 236 cm³/mol. The number of benzene rings is 2. The van der Waals surface area contributed by atoms with E-state index in [1.165, 1.54) is 30.2 Å². The van der Waals surface area contributed by atoms with Crippen molar-refractivity contribution in [3.63, 3.8) is 0 Å². The molecule has 4 aliphatic rings. The molecule has 1 unspecified atom stereocenters. The summed E-state index contributed by atoms with van der Waals surface area (Å²) in [4.78, 5) is 41.9. The van der Waals surface area contributed by atoms with Gasteiger partial charge in [-0.2, -0.15) is 8.42 Å². The zero-order chi connectivity index (χ0) is 43.0. The molecule has 1 aliphatic carbocycles. The molecule has 1 atom stereocenters. The highest BCUT2D eigenvalue weighted by Gasteiger charge is 2.47. The molecule has 326 valence electrons. The van der Waals surface area contributed by atoms with Crippen LogP contribution in [0.3, 0.4) is 0 Å². The number of anilines is 2. The lowest BCUT2D eigenvalue weighted by Crippen LogP contribution is -2.59. The number of rotatable bonds is 13. The number of nitro groups is 1. The lowest BCUT2D eigenvalue weighted by molar-refractivity contribution is -0.384. The second kappa shape index (κ2) is 17.3. The second-order valence-corrected chi connectivity index (χ2v) is 19.4. The van der Waals surface area contributed by atoms with Gasteiger partial charge in [0.1, 0.15) is 22.8 Å². The van der Waals surface area contributed by atoms with Gasteiger partial charge in [-0.15, -0.1) is 0 Å². The van der Waals surface area contributed by atoms with Crippen LogP contribution in [0.5, 0.6) is 11.5 Å². The fourth-order valence-electron chi connectivity index (χ4n) is 10.1. The van der Waals surface area contributed by atoms with E-state index in [0.29, 0.717) is 49.2 Å². The summed E-state index contributed by atoms with van der Waals surface area (Å²) in [6.45, 7) is 9.16. The molecular formula is C46H54N8O7S. The number of amides is 1. The maximum atomic E-state index is 13.9. The zero-order valence-corrected chi connectivity index (χ0v) is 36.0. The van der Waals surface area contributed by atoms with Gasteiger partial charge in [-0.05, 0) is 105 Å². The Bertz CT molecular complexity index is 2560. The molecule has 4 fully saturated rings. The lowest BCUT2D eigenvalue weighted by atomic mass is 9.67. The van der Waals surface area contributed by atoms with E-state index in [2.05, 4.69) is 72.9 Å². The van der Waals surface area contributed by atoms with Gasteiger partial charge >= 0.3 is 0 Å². The average molecular weight is 863 g/mol. The molecule has 0 radical (unpaired) electrons. The van der Waals surface area contributed by atoms with E-state index < -0.39 is 31.6 Å². The maximum Gasteiger partial charge on any atom is 0.296 e. The molecule has 6 heterocycles. The van der Waals surface area contributed by atoms with Crippen LogP contribution in [0.15, 0.2) is 84.3 Å². The number of carbonyl (C=O) groups excluding carboxylic acids is 1. The van der Waals surface area contributed by atoms with Gasteiger partial charge in [0.25, 0.3) is 21.6 Å². The largest absolute Gasteiger partial charge is 0.455 e. The van der Waals surface area contributed by atoms with Crippen molar-refractivity contribution in [2.45, 2.75) is 88.2 Å². The molecule has 3 N–H and O–H groups in total. The zero-order valence-electron chi connectivity index (χ0n) is 35.2. The number of hydrogen-bond acceptors (Lipinski definition) is 12. The number of fused-ring (bicyclic) bond motifs is 1. The van der Waals surface area contributed by atoms with Gasteiger partial charge in [-0.25, -0.2) is 14.7 Å². The molecule has 1 spiro atoms. The van der Waals surface area contributed by atoms with Crippen LogP contribution < -0.4 is 19.7 Å². The fraction of sp³-hybridized carbons (Fsp3) is 0.457. The number of ether oxygens (including phenoxy) is 2. The number of aromatic amines is 1. The van der Waals surface area contributed by atoms with Crippen molar-refractivity contribution >= 4 is 44.0 Å². The quantitative estimate of drug-likeness (QED) is 0.0761. The van der Waals surface area contributed by atoms with E-state index in [9.17, 15) is 23.3 Å². The van der Waals surface area contributed by atoms with E-state index in [1.54, 1.807) is 24.4 Å². The minimum atomic E-state index is -4.65. The first kappa shape index (κ1) is 41.8. The maximum absolute atomic E-state index is 13.9. The Morgan fingerprint density at radius 3 is 2.58 bits per heavy atom. The summed E-state index contributed by atoms with van der Waals surface area (Å²) < 4.78 is 41.0. The topological polar surface area (TPSA) is 185 Å². The Kier molecular flexibility index (Phi) is 11.6. The summed E-state index contributed by atoms with van der Waals surface area (Å²) in [5.74, 6) is 0.284. The number of carbonyl (C=O) groups is 1. The van der Waals surface area contributed by atoms with Gasteiger partial charge in [-0.3, -0.25) is 19.8 Å². The molecule has 16 heteroatoms. The van der Waals surface area contributed by atoms with Crippen LogP contribution in [-0.4, -0.2) is 84.5 Å². The molecule has 3 aromatic heterocycles. The average Bonchev–Trinajstić information content (AvgIpc) is 3.95. The molecular weight excluding hydrogens is 809 g/mol. The standard InChI is InChI=1S/C46H54N8O7S/c1-30(2)36-6-3-4-7-37(36)40-8-5-19-53(40)33-11-16-46(17-12-33)28-52(29-46)34-9-10-38(42(23-34)61-35-22-32-13-18-47-44(32)50-26-35)45(55)51-62(58,59)43-24-41(54(56)57)39(27-49-43)48-25-31-14-20-60-21-15-31/h3-4,6-7,9-10,13,18,22-24,26-27,30-31,33,40,48H,5,8,11-12,14-17,19-21,25,28-29H2,1-2H3,(H,47,50)(H,51,55). The minimum Gasteiger partial charge on any atom is -0.455 e. The van der Waals surface area contributed by atoms with E-state index in [4.69, 9.17) is 9.47 Å². The summed E-state index contributed by atoms with van der Waals surface area (Å²) in [6, 6.07) is 19.7. The van der Waals surface area contributed by atoms with Crippen molar-refractivity contribution in [3.8, 4) is 11.5 Å². The molecule has 1 saturated carbocycles. The third-order valence-corrected chi connectivity index (χ3v) is 14.7. The first-order valence-electron chi connectivity index (χ1n) is 21.8. The van der Waals surface area contributed by atoms with Crippen LogP contribution >= 0.6 is 0 Å². The monoisotopic (exact) mass is 862 g/mol. The number of sulfonamides is 1. The first-order chi connectivity index (χ1) is 29.9. The fourth-order valence-corrected chi connectivity index (χ4v) is 11.0. The van der Waals surface area contributed by atoms with Crippen LogP contribution in [0.1, 0.15) is 98.7 Å². The molecule has 3 saturated heterocycles. The van der Waals surface area contributed by atoms with Crippen LogP contribution in [-0.2, 0) is 14.8 Å². The summed E-state index contributed by atoms with van der Waals surface area (Å²) >= 11 is 0. The number of aromatic nitrogens is 3. The number of H-pyrrole nitrogens is 1. The van der Waals surface area contributed by atoms with Crippen LogP contribution in [0.4, 0.5) is 17.1 Å². The molecule has 0 bridgehead atoms. The Morgan fingerprint density at radius 1 is 1.02 bits per heavy atom. The van der Waals surface area contributed by atoms with Crippen LogP contribution in [0.2, 0.25) is 0 Å². The first-order valence-corrected chi connectivity index (χ1v) is 23.3. The Labute approximate surface area is 361 Å². The van der Waals surface area contributed by atoms with Gasteiger partial charge < -0.3 is 24.7 Å². The lowest BCUT2D eigenvalue weighted by Gasteiger charge is -2.55. The molecule has 1 amide bonds. The molecule has 62 heavy (non-hydrogen) atoms. The van der Waals surface area contributed by atoms with Gasteiger partial charge in [0.15, 0.2) is 5.03 Å². The summed E-state index contributed by atoms with van der Waals surface area (Å²) in [7, 11) is -4.65. The number of nitrogens with zero attached hydrogens (tertiary/aromatic N) is 5. The molecule has 2 aromatic carbocycles. The number of pyridine rings is 2. The molecule has 15 nitrogen and oxygen atoms in total. The van der Waals surface area contributed by atoms with Crippen molar-refractivity contribution in [1.82, 2.24) is 24.6 Å². The normalized spacial score (nSPS) is 19.8. The number of likely N-dealkylation sites (tertiary alicyclic amines) is 1. The highest BCUT2D eigenvalue weighted by atomic mass is 32.2. The van der Waals surface area contributed by atoms with Crippen LogP contribution in [0, 0.1) is 21.4 Å². The van der Waals surface area contributed by atoms with Crippen molar-refractivity contribution in [2.75, 3.05) is 49.6 Å². The summed E-state index contributed by atoms with van der Waals surface area (Å²) in [6.07, 6.45) is 13.1. The third kappa shape index (κ3) is 8.59. The van der Waals surface area contributed by atoms with Crippen molar-refractivity contribution in [1.29, 1.82) is 0 Å². The van der Waals surface area contributed by atoms with E-state index in [0.717, 1.165) is 81.5 Å². The van der Waals surface area contributed by atoms with E-state index in [1.807, 2.05) is 12.1 Å². The van der Waals surface area contributed by atoms with Crippen molar-refractivity contribution in [3.05, 3.63) is 106 Å². The van der Waals surface area contributed by atoms with Crippen molar-refractivity contribution in [2.24, 2.45) is 11.3 Å². The van der Waals surface area contributed by atoms with E-state index in [-0.39, 0.29) is 28.3 Å². The molecule has 3 aliphatic heterocycles. The Hall–Kier alpha value is -5.58. The number of nitrogens with one attached hydrogen (secondary N) is 3.